The van der Waals surface area contributed by atoms with Gasteiger partial charge in [0.05, 0.1) is 5.54 Å². The standard InChI is InChI=1S/C28H46N4O5/c1-19-10-12-20(13-11-19)14-37-22(34)28(17-25(6,7)32(36)26(8,9)18-28)30-21(33)27(29)15-23(2,3)31(35)24(4,5)16-27/h10-13,35-36H,14-18,29H2,1-9H3,(H,30,33). The van der Waals surface area contributed by atoms with Gasteiger partial charge >= 0.3 is 5.97 Å². The van der Waals surface area contributed by atoms with Crippen LogP contribution in [0.5, 0.6) is 0 Å². The maximum atomic E-state index is 14.0. The highest BCUT2D eigenvalue weighted by Gasteiger charge is 2.60. The number of benzene rings is 1. The van der Waals surface area contributed by atoms with Crippen molar-refractivity contribution >= 4 is 11.9 Å². The lowest BCUT2D eigenvalue weighted by atomic mass is 9.68. The Morgan fingerprint density at radius 3 is 1.68 bits per heavy atom. The average Bonchev–Trinajstić information content (AvgIpc) is 2.74. The summed E-state index contributed by atoms with van der Waals surface area (Å²) in [5.41, 5.74) is 2.76. The van der Waals surface area contributed by atoms with E-state index in [1.165, 1.54) is 10.1 Å². The number of nitrogens with one attached hydrogen (secondary N) is 1. The van der Waals surface area contributed by atoms with E-state index in [0.717, 1.165) is 11.1 Å². The van der Waals surface area contributed by atoms with Gasteiger partial charge in [-0.1, -0.05) is 29.8 Å². The number of aryl methyl sites for hydroxylation is 1. The van der Waals surface area contributed by atoms with Gasteiger partial charge in [-0.15, -0.1) is 0 Å². The molecule has 2 saturated heterocycles. The molecule has 2 fully saturated rings. The number of hydrogen-bond donors (Lipinski definition) is 4. The molecule has 0 saturated carbocycles. The molecule has 9 nitrogen and oxygen atoms in total. The highest BCUT2D eigenvalue weighted by atomic mass is 16.5. The third kappa shape index (κ3) is 5.71. The van der Waals surface area contributed by atoms with E-state index in [1.54, 1.807) is 0 Å². The third-order valence-electron chi connectivity index (χ3n) is 7.94. The second kappa shape index (κ2) is 9.31. The minimum atomic E-state index is -1.41. The minimum absolute atomic E-state index is 0.0632. The lowest BCUT2D eigenvalue weighted by Gasteiger charge is -2.57. The maximum absolute atomic E-state index is 14.0. The Hall–Kier alpha value is -2.04. The topological polar surface area (TPSA) is 128 Å². The summed E-state index contributed by atoms with van der Waals surface area (Å²) in [6, 6.07) is 7.71. The van der Waals surface area contributed by atoms with Crippen LogP contribution in [-0.4, -0.2) is 65.7 Å². The van der Waals surface area contributed by atoms with Crippen LogP contribution < -0.4 is 11.1 Å². The van der Waals surface area contributed by atoms with Crippen molar-refractivity contribution in [2.45, 2.75) is 128 Å². The van der Waals surface area contributed by atoms with Crippen LogP contribution in [0.4, 0.5) is 0 Å². The maximum Gasteiger partial charge on any atom is 0.332 e. The Morgan fingerprint density at radius 1 is 0.838 bits per heavy atom. The lowest BCUT2D eigenvalue weighted by molar-refractivity contribution is -0.259. The van der Waals surface area contributed by atoms with Gasteiger partial charge in [0.2, 0.25) is 5.91 Å². The summed E-state index contributed by atoms with van der Waals surface area (Å²) < 4.78 is 5.81. The number of ether oxygens (including phenoxy) is 1. The fraction of sp³-hybridized carbons (Fsp3) is 0.714. The van der Waals surface area contributed by atoms with Crippen molar-refractivity contribution in [2.75, 3.05) is 0 Å². The molecular weight excluding hydrogens is 472 g/mol. The molecule has 0 aromatic heterocycles. The molecule has 1 aromatic rings. The first-order valence-electron chi connectivity index (χ1n) is 13.0. The smallest absolute Gasteiger partial charge is 0.332 e. The fourth-order valence-electron chi connectivity index (χ4n) is 6.84. The minimum Gasteiger partial charge on any atom is -0.459 e. The van der Waals surface area contributed by atoms with Gasteiger partial charge in [0.15, 0.2) is 0 Å². The number of rotatable bonds is 5. The number of nitrogens with zero attached hydrogens (tertiary/aromatic N) is 2. The number of carbonyl (C=O) groups is 2. The van der Waals surface area contributed by atoms with Crippen molar-refractivity contribution in [3.8, 4) is 0 Å². The molecule has 0 aliphatic carbocycles. The summed E-state index contributed by atoms with van der Waals surface area (Å²) in [6.45, 7) is 16.7. The van der Waals surface area contributed by atoms with Gasteiger partial charge in [-0.2, -0.15) is 10.1 Å². The van der Waals surface area contributed by atoms with Crippen molar-refractivity contribution in [3.63, 3.8) is 0 Å². The van der Waals surface area contributed by atoms with Crippen molar-refractivity contribution < 1.29 is 24.7 Å². The highest BCUT2D eigenvalue weighted by molar-refractivity contribution is 5.93. The Bertz CT molecular complexity index is 996. The molecule has 9 heteroatoms. The second-order valence-corrected chi connectivity index (χ2v) is 13.8. The molecule has 3 rings (SSSR count). The number of carbonyl (C=O) groups excluding carboxylic acids is 2. The van der Waals surface area contributed by atoms with Gasteiger partial charge in [-0.05, 0) is 80.7 Å². The van der Waals surface area contributed by atoms with Crippen LogP contribution in [-0.2, 0) is 20.9 Å². The quantitative estimate of drug-likeness (QED) is 0.435. The summed E-state index contributed by atoms with van der Waals surface area (Å²) in [4.78, 5) is 27.8. The van der Waals surface area contributed by atoms with Gasteiger partial charge in [-0.25, -0.2) is 4.79 Å². The molecule has 0 bridgehead atoms. The summed E-state index contributed by atoms with van der Waals surface area (Å²) in [6.07, 6.45) is 0.652. The second-order valence-electron chi connectivity index (χ2n) is 13.8. The molecule has 2 aliphatic heterocycles. The molecule has 0 spiro atoms. The molecular formula is C28H46N4O5. The normalized spacial score (nSPS) is 25.7. The van der Waals surface area contributed by atoms with Crippen LogP contribution in [0, 0.1) is 6.92 Å². The van der Waals surface area contributed by atoms with Crippen LogP contribution in [0.1, 0.15) is 92.2 Å². The number of hydroxylamine groups is 4. The zero-order valence-electron chi connectivity index (χ0n) is 23.9. The molecule has 5 N–H and O–H groups in total. The van der Waals surface area contributed by atoms with Gasteiger partial charge in [0, 0.05) is 35.0 Å². The Morgan fingerprint density at radius 2 is 1.24 bits per heavy atom. The van der Waals surface area contributed by atoms with E-state index in [0.29, 0.717) is 0 Å². The molecule has 2 heterocycles. The molecule has 0 radical (unpaired) electrons. The molecule has 2 aliphatic rings. The predicted molar refractivity (Wildman–Crippen MR) is 141 cm³/mol. The first kappa shape index (κ1) is 29.5. The van der Waals surface area contributed by atoms with E-state index in [4.69, 9.17) is 10.5 Å². The zero-order valence-corrected chi connectivity index (χ0v) is 23.9. The molecule has 0 atom stereocenters. The van der Waals surface area contributed by atoms with Crippen LogP contribution in [0.3, 0.4) is 0 Å². The van der Waals surface area contributed by atoms with Crippen molar-refractivity contribution in [1.29, 1.82) is 0 Å². The third-order valence-corrected chi connectivity index (χ3v) is 7.94. The summed E-state index contributed by atoms with van der Waals surface area (Å²) in [5, 5.41) is 27.2. The molecule has 1 aromatic carbocycles. The lowest BCUT2D eigenvalue weighted by Crippen LogP contribution is -2.76. The molecule has 37 heavy (non-hydrogen) atoms. The van der Waals surface area contributed by atoms with E-state index in [1.807, 2.05) is 86.6 Å². The van der Waals surface area contributed by atoms with E-state index in [-0.39, 0.29) is 32.3 Å². The summed E-state index contributed by atoms with van der Waals surface area (Å²) in [7, 11) is 0. The SMILES string of the molecule is Cc1ccc(COC(=O)C2(NC(=O)C3(N)CC(C)(C)N(O)C(C)(C)C3)CC(C)(C)N(O)C(C)(C)C2)cc1. The first-order valence-corrected chi connectivity index (χ1v) is 13.0. The number of amides is 1. The fourth-order valence-corrected chi connectivity index (χ4v) is 6.84. The largest absolute Gasteiger partial charge is 0.459 e. The zero-order chi connectivity index (χ0) is 28.2. The van der Waals surface area contributed by atoms with Crippen LogP contribution in [0.2, 0.25) is 0 Å². The number of nitrogens with two attached hydrogens (primary N) is 1. The van der Waals surface area contributed by atoms with Gasteiger partial charge in [0.25, 0.3) is 0 Å². The number of piperidine rings is 2. The van der Waals surface area contributed by atoms with E-state index in [2.05, 4.69) is 5.32 Å². The van der Waals surface area contributed by atoms with Gasteiger partial charge < -0.3 is 26.2 Å². The highest BCUT2D eigenvalue weighted by Crippen LogP contribution is 2.45. The van der Waals surface area contributed by atoms with Gasteiger partial charge in [0.1, 0.15) is 12.1 Å². The predicted octanol–water partition coefficient (Wildman–Crippen LogP) is 3.68. The number of esters is 1. The first-order chi connectivity index (χ1) is 16.7. The monoisotopic (exact) mass is 518 g/mol. The van der Waals surface area contributed by atoms with Crippen LogP contribution in [0.25, 0.3) is 0 Å². The molecule has 208 valence electrons. The van der Waals surface area contributed by atoms with E-state index < -0.39 is 45.1 Å². The van der Waals surface area contributed by atoms with Crippen LogP contribution in [0.15, 0.2) is 24.3 Å². The average molecular weight is 519 g/mol. The van der Waals surface area contributed by atoms with Crippen molar-refractivity contribution in [3.05, 3.63) is 35.4 Å². The van der Waals surface area contributed by atoms with E-state index in [9.17, 15) is 20.0 Å². The Kier molecular flexibility index (Phi) is 7.42. The van der Waals surface area contributed by atoms with Gasteiger partial charge in [-0.3, -0.25) is 4.79 Å². The van der Waals surface area contributed by atoms with E-state index >= 15 is 0 Å². The number of hydrogen-bond acceptors (Lipinski definition) is 8. The Balaban J connectivity index is 1.96. The Labute approximate surface area is 221 Å². The van der Waals surface area contributed by atoms with Crippen molar-refractivity contribution in [1.82, 2.24) is 15.4 Å². The summed E-state index contributed by atoms with van der Waals surface area (Å²) >= 11 is 0. The summed E-state index contributed by atoms with van der Waals surface area (Å²) in [5.74, 6) is -1.02. The molecule has 0 unspecified atom stereocenters. The van der Waals surface area contributed by atoms with Crippen LogP contribution >= 0.6 is 0 Å². The van der Waals surface area contributed by atoms with Crippen molar-refractivity contribution in [2.24, 2.45) is 5.73 Å². The molecule has 1 amide bonds.